The SMILES string of the molecule is CCC1=C=C1C(C)CC. The van der Waals surface area contributed by atoms with Crippen LogP contribution in [0.4, 0.5) is 0 Å². The average Bonchev–Trinajstić information content (AvgIpc) is 2.64. The maximum atomic E-state index is 3.30. The molecule has 1 unspecified atom stereocenters. The Kier molecular flexibility index (Phi) is 1.78. The lowest BCUT2D eigenvalue weighted by atomic mass is 10.0. The van der Waals surface area contributed by atoms with Gasteiger partial charge in [0.1, 0.15) is 0 Å². The van der Waals surface area contributed by atoms with Crippen molar-refractivity contribution in [2.24, 2.45) is 5.92 Å². The van der Waals surface area contributed by atoms with Gasteiger partial charge in [0.25, 0.3) is 0 Å². The zero-order valence-corrected chi connectivity index (χ0v) is 6.49. The Bertz CT molecular complexity index is 168. The fourth-order valence-corrected chi connectivity index (χ4v) is 1.03. The number of hydrogen-bond acceptors (Lipinski definition) is 0. The highest BCUT2D eigenvalue weighted by Crippen LogP contribution is 2.32. The quantitative estimate of drug-likeness (QED) is 0.505. The van der Waals surface area contributed by atoms with Crippen LogP contribution < -0.4 is 0 Å². The van der Waals surface area contributed by atoms with E-state index in [1.54, 1.807) is 0 Å². The van der Waals surface area contributed by atoms with E-state index in [1.165, 1.54) is 24.0 Å². The molecule has 1 rings (SSSR count). The molecule has 0 aliphatic heterocycles. The van der Waals surface area contributed by atoms with E-state index in [0.717, 1.165) is 5.92 Å². The minimum Gasteiger partial charge on any atom is -0.112 e. The fraction of sp³-hybridized carbons (Fsp3) is 0.667. The van der Waals surface area contributed by atoms with Crippen molar-refractivity contribution in [3.05, 3.63) is 16.9 Å². The van der Waals surface area contributed by atoms with Crippen molar-refractivity contribution < 1.29 is 0 Å². The van der Waals surface area contributed by atoms with Crippen molar-refractivity contribution in [1.29, 1.82) is 0 Å². The molecular weight excluding hydrogens is 108 g/mol. The molecule has 0 nitrogen and oxygen atoms in total. The van der Waals surface area contributed by atoms with Gasteiger partial charge in [0.05, 0.1) is 0 Å². The van der Waals surface area contributed by atoms with E-state index in [1.807, 2.05) is 0 Å². The normalized spacial score (nSPS) is 18.6. The molecule has 1 atom stereocenters. The second kappa shape index (κ2) is 2.41. The molecule has 0 heteroatoms. The molecule has 0 spiro atoms. The summed E-state index contributed by atoms with van der Waals surface area (Å²) in [5.41, 5.74) is 6.28. The predicted octanol–water partition coefficient (Wildman–Crippen LogP) is 2.91. The highest BCUT2D eigenvalue weighted by atomic mass is 14.2. The second-order valence-electron chi connectivity index (χ2n) is 2.68. The Morgan fingerprint density at radius 1 is 1.44 bits per heavy atom. The van der Waals surface area contributed by atoms with Crippen molar-refractivity contribution in [2.75, 3.05) is 0 Å². The second-order valence-corrected chi connectivity index (χ2v) is 2.68. The fourth-order valence-electron chi connectivity index (χ4n) is 1.03. The summed E-state index contributed by atoms with van der Waals surface area (Å²) in [6.07, 6.45) is 2.44. The molecule has 0 saturated heterocycles. The highest BCUT2D eigenvalue weighted by Gasteiger charge is 2.17. The Morgan fingerprint density at radius 3 is 2.44 bits per heavy atom. The largest absolute Gasteiger partial charge is 0.112 e. The maximum Gasteiger partial charge on any atom is 0.00801 e. The van der Waals surface area contributed by atoms with Gasteiger partial charge in [0, 0.05) is 11.1 Å². The lowest BCUT2D eigenvalue weighted by Gasteiger charge is -2.01. The van der Waals surface area contributed by atoms with Crippen LogP contribution in [0.5, 0.6) is 0 Å². The molecule has 0 heterocycles. The number of rotatable bonds is 3. The molecule has 0 radical (unpaired) electrons. The van der Waals surface area contributed by atoms with Gasteiger partial charge in [-0.25, -0.2) is 0 Å². The minimum atomic E-state index is 0.764. The van der Waals surface area contributed by atoms with Gasteiger partial charge in [-0.05, 0) is 18.8 Å². The molecule has 1 aliphatic carbocycles. The van der Waals surface area contributed by atoms with Crippen LogP contribution in [0.3, 0.4) is 0 Å². The topological polar surface area (TPSA) is 0 Å². The first-order valence-electron chi connectivity index (χ1n) is 3.79. The molecule has 0 aromatic heterocycles. The monoisotopic (exact) mass is 122 g/mol. The summed E-state index contributed by atoms with van der Waals surface area (Å²) in [4.78, 5) is 0. The van der Waals surface area contributed by atoms with Crippen LogP contribution in [0.25, 0.3) is 0 Å². The summed E-state index contributed by atoms with van der Waals surface area (Å²) in [6.45, 7) is 6.69. The van der Waals surface area contributed by atoms with Gasteiger partial charge in [-0.3, -0.25) is 0 Å². The molecule has 1 aliphatic rings. The van der Waals surface area contributed by atoms with Crippen LogP contribution in [0.15, 0.2) is 16.9 Å². The van der Waals surface area contributed by atoms with E-state index in [-0.39, 0.29) is 0 Å². The van der Waals surface area contributed by atoms with Crippen LogP contribution in [-0.4, -0.2) is 0 Å². The molecular formula is C9H14. The minimum absolute atomic E-state index is 0.764. The van der Waals surface area contributed by atoms with E-state index in [2.05, 4.69) is 26.5 Å². The van der Waals surface area contributed by atoms with Crippen molar-refractivity contribution >= 4 is 0 Å². The number of hydrogen-bond donors (Lipinski definition) is 0. The smallest absolute Gasteiger partial charge is 0.00801 e. The zero-order chi connectivity index (χ0) is 6.85. The Morgan fingerprint density at radius 2 is 2.11 bits per heavy atom. The Labute approximate surface area is 57.3 Å². The van der Waals surface area contributed by atoms with E-state index in [9.17, 15) is 0 Å². The van der Waals surface area contributed by atoms with Gasteiger partial charge in [-0.15, -0.1) is 5.73 Å². The Hall–Kier alpha value is -0.480. The highest BCUT2D eigenvalue weighted by molar-refractivity contribution is 5.44. The first-order valence-corrected chi connectivity index (χ1v) is 3.79. The zero-order valence-electron chi connectivity index (χ0n) is 6.49. The third-order valence-electron chi connectivity index (χ3n) is 2.01. The van der Waals surface area contributed by atoms with Gasteiger partial charge in [-0.1, -0.05) is 20.8 Å². The Balaban J connectivity index is 2.29. The summed E-state index contributed by atoms with van der Waals surface area (Å²) in [5, 5.41) is 0. The van der Waals surface area contributed by atoms with E-state index in [4.69, 9.17) is 0 Å². The molecule has 50 valence electrons. The van der Waals surface area contributed by atoms with Gasteiger partial charge >= 0.3 is 0 Å². The van der Waals surface area contributed by atoms with E-state index < -0.39 is 0 Å². The molecule has 0 fully saturated rings. The summed E-state index contributed by atoms with van der Waals surface area (Å²) in [6, 6.07) is 0. The van der Waals surface area contributed by atoms with E-state index in [0.29, 0.717) is 0 Å². The molecule has 9 heavy (non-hydrogen) atoms. The lowest BCUT2D eigenvalue weighted by molar-refractivity contribution is 0.674. The van der Waals surface area contributed by atoms with Crippen molar-refractivity contribution in [1.82, 2.24) is 0 Å². The van der Waals surface area contributed by atoms with E-state index >= 15 is 0 Å². The number of allylic oxidation sites excluding steroid dienone is 1. The van der Waals surface area contributed by atoms with Crippen LogP contribution in [0, 0.1) is 5.92 Å². The molecule has 0 N–H and O–H groups in total. The van der Waals surface area contributed by atoms with Crippen LogP contribution in [0.2, 0.25) is 0 Å². The third kappa shape index (κ3) is 1.25. The molecule has 0 aromatic carbocycles. The third-order valence-corrected chi connectivity index (χ3v) is 2.01. The van der Waals surface area contributed by atoms with Gasteiger partial charge < -0.3 is 0 Å². The summed E-state index contributed by atoms with van der Waals surface area (Å²) >= 11 is 0. The predicted molar refractivity (Wildman–Crippen MR) is 40.3 cm³/mol. The molecule has 0 amide bonds. The van der Waals surface area contributed by atoms with Gasteiger partial charge in [0.2, 0.25) is 0 Å². The summed E-state index contributed by atoms with van der Waals surface area (Å²) < 4.78 is 0. The average molecular weight is 122 g/mol. The lowest BCUT2D eigenvalue weighted by Crippen LogP contribution is -1.89. The molecule has 0 bridgehead atoms. The standard InChI is InChI=1S/C9H14/c1-4-7(3)9-6-8(9)5-2/h7H,4-5H2,1-3H3. The van der Waals surface area contributed by atoms with Crippen molar-refractivity contribution in [2.45, 2.75) is 33.6 Å². The maximum absolute atomic E-state index is 3.30. The van der Waals surface area contributed by atoms with Gasteiger partial charge in [0.15, 0.2) is 0 Å². The van der Waals surface area contributed by atoms with Crippen LogP contribution >= 0.6 is 0 Å². The first-order chi connectivity index (χ1) is 4.29. The molecule has 0 aromatic rings. The summed E-state index contributed by atoms with van der Waals surface area (Å²) in [7, 11) is 0. The van der Waals surface area contributed by atoms with Crippen molar-refractivity contribution in [3.8, 4) is 0 Å². The first kappa shape index (κ1) is 6.64. The summed E-state index contributed by atoms with van der Waals surface area (Å²) in [5.74, 6) is 0.764. The van der Waals surface area contributed by atoms with Crippen LogP contribution in [-0.2, 0) is 0 Å². The van der Waals surface area contributed by atoms with Crippen molar-refractivity contribution in [3.63, 3.8) is 0 Å². The van der Waals surface area contributed by atoms with Crippen LogP contribution in [0.1, 0.15) is 33.6 Å². The molecule has 0 saturated carbocycles. The van der Waals surface area contributed by atoms with Gasteiger partial charge in [-0.2, -0.15) is 0 Å².